The summed E-state index contributed by atoms with van der Waals surface area (Å²) in [5.74, 6) is 0.0367. The van der Waals surface area contributed by atoms with Crippen LogP contribution in [0.15, 0.2) is 33.7 Å². The average Bonchev–Trinajstić information content (AvgIpc) is 2.86. The number of nitrogens with zero attached hydrogens (tertiary/aromatic N) is 3. The van der Waals surface area contributed by atoms with Gasteiger partial charge in [0.1, 0.15) is 12.2 Å². The van der Waals surface area contributed by atoms with Crippen LogP contribution in [0, 0.1) is 20.8 Å². The highest BCUT2D eigenvalue weighted by Crippen LogP contribution is 2.28. The molecule has 1 aliphatic heterocycles. The summed E-state index contributed by atoms with van der Waals surface area (Å²) in [7, 11) is -4.00. The van der Waals surface area contributed by atoms with E-state index >= 15 is 0 Å². The smallest absolute Gasteiger partial charge is 0.270 e. The fourth-order valence-corrected chi connectivity index (χ4v) is 5.23. The molecule has 0 radical (unpaired) electrons. The number of carbonyl (C=O) groups excluding carboxylic acids is 1. The van der Waals surface area contributed by atoms with E-state index < -0.39 is 10.0 Å². The van der Waals surface area contributed by atoms with Crippen molar-refractivity contribution in [3.8, 4) is 0 Å². The Morgan fingerprint density at radius 3 is 2.21 bits per heavy atom. The van der Waals surface area contributed by atoms with E-state index in [4.69, 9.17) is 4.52 Å². The molecule has 8 heteroatoms. The summed E-state index contributed by atoms with van der Waals surface area (Å²) in [6.45, 7) is 6.19. The van der Waals surface area contributed by atoms with Crippen LogP contribution in [0.4, 0.5) is 5.69 Å². The molecule has 1 fully saturated rings. The van der Waals surface area contributed by atoms with Crippen LogP contribution in [0.25, 0.3) is 0 Å². The number of aromatic nitrogens is 1. The van der Waals surface area contributed by atoms with Crippen LogP contribution < -0.4 is 4.31 Å². The number of amides is 1. The van der Waals surface area contributed by atoms with E-state index in [9.17, 15) is 13.2 Å². The first-order valence-electron chi connectivity index (χ1n) is 9.61. The maximum atomic E-state index is 13.5. The number of hydrogen-bond donors (Lipinski definition) is 0. The minimum atomic E-state index is -4.00. The highest BCUT2D eigenvalue weighted by molar-refractivity contribution is 7.93. The van der Waals surface area contributed by atoms with Gasteiger partial charge in [-0.25, -0.2) is 8.42 Å². The van der Waals surface area contributed by atoms with Gasteiger partial charge < -0.3 is 9.42 Å². The van der Waals surface area contributed by atoms with Gasteiger partial charge in [-0.3, -0.25) is 9.10 Å². The SMILES string of the molecule is Cc1ccc(N(CC(=O)N2CCCCCC2)S(=O)(=O)c2c(C)noc2C)cc1. The van der Waals surface area contributed by atoms with Crippen LogP contribution in [0.1, 0.15) is 42.7 Å². The van der Waals surface area contributed by atoms with Gasteiger partial charge in [0.05, 0.1) is 5.69 Å². The second kappa shape index (κ2) is 8.34. The zero-order valence-electron chi connectivity index (χ0n) is 16.6. The Balaban J connectivity index is 1.98. The number of benzene rings is 1. The summed E-state index contributed by atoms with van der Waals surface area (Å²) >= 11 is 0. The van der Waals surface area contributed by atoms with Crippen LogP contribution in [0.2, 0.25) is 0 Å². The molecule has 0 spiro atoms. The second-order valence-corrected chi connectivity index (χ2v) is 9.09. The number of hydrogen-bond acceptors (Lipinski definition) is 5. The molecule has 0 N–H and O–H groups in total. The monoisotopic (exact) mass is 405 g/mol. The van der Waals surface area contributed by atoms with Gasteiger partial charge in [0.15, 0.2) is 10.7 Å². The quantitative estimate of drug-likeness (QED) is 0.763. The molecule has 152 valence electrons. The fourth-order valence-electron chi connectivity index (χ4n) is 3.52. The lowest BCUT2D eigenvalue weighted by molar-refractivity contribution is -0.129. The summed E-state index contributed by atoms with van der Waals surface area (Å²) in [6, 6.07) is 7.12. The first-order chi connectivity index (χ1) is 13.3. The molecule has 28 heavy (non-hydrogen) atoms. The molecule has 1 aromatic heterocycles. The molecule has 1 aromatic carbocycles. The lowest BCUT2D eigenvalue weighted by Crippen LogP contribution is -2.43. The number of aryl methyl sites for hydroxylation is 3. The number of rotatable bonds is 5. The summed E-state index contributed by atoms with van der Waals surface area (Å²) < 4.78 is 33.2. The first-order valence-corrected chi connectivity index (χ1v) is 11.0. The number of likely N-dealkylation sites (tertiary alicyclic amines) is 1. The van der Waals surface area contributed by atoms with E-state index in [-0.39, 0.29) is 28.8 Å². The number of carbonyl (C=O) groups is 1. The Morgan fingerprint density at radius 2 is 1.68 bits per heavy atom. The van der Waals surface area contributed by atoms with E-state index in [2.05, 4.69) is 5.16 Å². The Morgan fingerprint density at radius 1 is 1.07 bits per heavy atom. The molecule has 3 rings (SSSR count). The molecule has 2 aromatic rings. The van der Waals surface area contributed by atoms with Gasteiger partial charge in [0.2, 0.25) is 5.91 Å². The van der Waals surface area contributed by atoms with E-state index in [0.29, 0.717) is 18.8 Å². The number of anilines is 1. The third-order valence-electron chi connectivity index (χ3n) is 5.08. The largest absolute Gasteiger partial charge is 0.360 e. The minimum absolute atomic E-state index is 0.0248. The van der Waals surface area contributed by atoms with Crippen LogP contribution >= 0.6 is 0 Å². The Labute approximate surface area is 166 Å². The Kier molecular flexibility index (Phi) is 6.07. The summed E-state index contributed by atoms with van der Waals surface area (Å²) in [6.07, 6.45) is 4.10. The van der Waals surface area contributed by atoms with Crippen molar-refractivity contribution in [2.75, 3.05) is 23.9 Å². The van der Waals surface area contributed by atoms with E-state index in [0.717, 1.165) is 31.2 Å². The lowest BCUT2D eigenvalue weighted by Gasteiger charge is -2.27. The van der Waals surface area contributed by atoms with Crippen molar-refractivity contribution in [3.05, 3.63) is 41.3 Å². The zero-order chi connectivity index (χ0) is 20.3. The molecule has 0 saturated carbocycles. The van der Waals surface area contributed by atoms with E-state index in [1.54, 1.807) is 30.9 Å². The molecular formula is C20H27N3O4S. The normalized spacial score (nSPS) is 15.3. The van der Waals surface area contributed by atoms with E-state index in [1.165, 1.54) is 4.31 Å². The van der Waals surface area contributed by atoms with Crippen molar-refractivity contribution in [1.29, 1.82) is 0 Å². The van der Waals surface area contributed by atoms with Crippen molar-refractivity contribution in [2.45, 2.75) is 51.3 Å². The van der Waals surface area contributed by atoms with Gasteiger partial charge in [-0.05, 0) is 45.7 Å². The second-order valence-electron chi connectivity index (χ2n) is 7.30. The number of sulfonamides is 1. The van der Waals surface area contributed by atoms with Gasteiger partial charge in [0, 0.05) is 13.1 Å². The topological polar surface area (TPSA) is 83.7 Å². The van der Waals surface area contributed by atoms with Crippen molar-refractivity contribution >= 4 is 21.6 Å². The summed E-state index contributed by atoms with van der Waals surface area (Å²) in [5.41, 5.74) is 1.75. The molecule has 1 aliphatic rings. The van der Waals surface area contributed by atoms with Gasteiger partial charge in [0.25, 0.3) is 10.0 Å². The van der Waals surface area contributed by atoms with E-state index in [1.807, 2.05) is 19.1 Å². The Hall–Kier alpha value is -2.35. The predicted octanol–water partition coefficient (Wildman–Crippen LogP) is 3.20. The van der Waals surface area contributed by atoms with Crippen molar-refractivity contribution in [2.24, 2.45) is 0 Å². The first kappa shape index (κ1) is 20.4. The third kappa shape index (κ3) is 4.22. The van der Waals surface area contributed by atoms with Crippen molar-refractivity contribution in [1.82, 2.24) is 10.1 Å². The molecule has 7 nitrogen and oxygen atoms in total. The maximum Gasteiger partial charge on any atom is 0.270 e. The molecule has 1 saturated heterocycles. The van der Waals surface area contributed by atoms with Gasteiger partial charge in [-0.15, -0.1) is 0 Å². The average molecular weight is 406 g/mol. The van der Waals surface area contributed by atoms with Gasteiger partial charge >= 0.3 is 0 Å². The maximum absolute atomic E-state index is 13.5. The zero-order valence-corrected chi connectivity index (χ0v) is 17.5. The molecule has 1 amide bonds. The molecule has 0 atom stereocenters. The highest BCUT2D eigenvalue weighted by atomic mass is 32.2. The van der Waals surface area contributed by atoms with Crippen LogP contribution in [0.5, 0.6) is 0 Å². The van der Waals surface area contributed by atoms with Crippen LogP contribution in [-0.4, -0.2) is 44.0 Å². The predicted molar refractivity (Wildman–Crippen MR) is 107 cm³/mol. The Bertz CT molecular complexity index is 907. The van der Waals surface area contributed by atoms with Crippen molar-refractivity contribution in [3.63, 3.8) is 0 Å². The molecule has 0 unspecified atom stereocenters. The third-order valence-corrected chi connectivity index (χ3v) is 7.09. The highest BCUT2D eigenvalue weighted by Gasteiger charge is 2.33. The summed E-state index contributed by atoms with van der Waals surface area (Å²) in [5, 5.41) is 3.78. The minimum Gasteiger partial charge on any atom is -0.360 e. The van der Waals surface area contributed by atoms with Gasteiger partial charge in [-0.1, -0.05) is 35.7 Å². The van der Waals surface area contributed by atoms with Crippen molar-refractivity contribution < 1.29 is 17.7 Å². The molecule has 2 heterocycles. The van der Waals surface area contributed by atoms with Crippen LogP contribution in [0.3, 0.4) is 0 Å². The fraction of sp³-hybridized carbons (Fsp3) is 0.500. The molecule has 0 aliphatic carbocycles. The van der Waals surface area contributed by atoms with Gasteiger partial charge in [-0.2, -0.15) is 0 Å². The molecular weight excluding hydrogens is 378 g/mol. The summed E-state index contributed by atoms with van der Waals surface area (Å²) in [4.78, 5) is 14.8. The standard InChI is InChI=1S/C20H27N3O4S/c1-15-8-10-18(11-9-15)23(14-19(24)22-12-6-4-5-7-13-22)28(25,26)20-16(2)21-27-17(20)3/h8-11H,4-7,12-14H2,1-3H3. The molecule has 0 bridgehead atoms. The van der Waals surface area contributed by atoms with Crippen LogP contribution in [-0.2, 0) is 14.8 Å². The lowest BCUT2D eigenvalue weighted by atomic mass is 10.2.